The molecule has 20 heavy (non-hydrogen) atoms. The van der Waals surface area contributed by atoms with E-state index in [4.69, 9.17) is 5.26 Å². The van der Waals surface area contributed by atoms with E-state index in [1.165, 1.54) is 31.2 Å². The zero-order chi connectivity index (χ0) is 14.9. The molecule has 1 heterocycles. The molecule has 1 aromatic rings. The standard InChI is InChI=1S/C14H11FN2O3/c1-8(18)11-12(9-2-4-10(15)5-3-9)17(7-6-16)14(20)13(11)19/h2-5,12,19H,7H2,1H3/t12-/m1/s1. The van der Waals surface area contributed by atoms with Crippen LogP contribution in [-0.2, 0) is 9.59 Å². The normalized spacial score (nSPS) is 18.4. The summed E-state index contributed by atoms with van der Waals surface area (Å²) in [6, 6.07) is 6.17. The molecule has 0 aliphatic carbocycles. The summed E-state index contributed by atoms with van der Waals surface area (Å²) in [5, 5.41) is 18.6. The Labute approximate surface area is 114 Å². The fourth-order valence-electron chi connectivity index (χ4n) is 2.24. The number of hydrogen-bond donors (Lipinski definition) is 1. The Morgan fingerprint density at radius 2 is 2.05 bits per heavy atom. The van der Waals surface area contributed by atoms with Gasteiger partial charge in [-0.05, 0) is 24.6 Å². The quantitative estimate of drug-likeness (QED) is 0.849. The predicted octanol–water partition coefficient (Wildman–Crippen LogP) is 1.63. The molecule has 0 saturated carbocycles. The summed E-state index contributed by atoms with van der Waals surface area (Å²) >= 11 is 0. The molecule has 0 saturated heterocycles. The van der Waals surface area contributed by atoms with Crippen LogP contribution in [0.15, 0.2) is 35.6 Å². The van der Waals surface area contributed by atoms with Crippen molar-refractivity contribution >= 4 is 11.7 Å². The molecular formula is C14H11FN2O3. The number of halogens is 1. The summed E-state index contributed by atoms with van der Waals surface area (Å²) in [7, 11) is 0. The number of nitrogens with zero attached hydrogens (tertiary/aromatic N) is 2. The summed E-state index contributed by atoms with van der Waals surface area (Å²) in [5.74, 6) is -2.35. The lowest BCUT2D eigenvalue weighted by Crippen LogP contribution is -2.31. The van der Waals surface area contributed by atoms with Gasteiger partial charge < -0.3 is 10.0 Å². The first-order valence-corrected chi connectivity index (χ1v) is 5.84. The van der Waals surface area contributed by atoms with Gasteiger partial charge in [-0.1, -0.05) is 12.1 Å². The lowest BCUT2D eigenvalue weighted by Gasteiger charge is -2.23. The number of nitriles is 1. The second-order valence-corrected chi connectivity index (χ2v) is 4.36. The second-order valence-electron chi connectivity index (χ2n) is 4.36. The second kappa shape index (κ2) is 5.13. The van der Waals surface area contributed by atoms with Crippen LogP contribution in [-0.4, -0.2) is 28.2 Å². The van der Waals surface area contributed by atoms with E-state index in [9.17, 15) is 19.1 Å². The number of amides is 1. The minimum Gasteiger partial charge on any atom is -0.503 e. The molecule has 0 fully saturated rings. The lowest BCUT2D eigenvalue weighted by molar-refractivity contribution is -0.128. The first kappa shape index (κ1) is 13.7. The van der Waals surface area contributed by atoms with Gasteiger partial charge >= 0.3 is 0 Å². The van der Waals surface area contributed by atoms with E-state index in [-0.39, 0.29) is 12.1 Å². The van der Waals surface area contributed by atoms with Crippen LogP contribution in [0.3, 0.4) is 0 Å². The maximum Gasteiger partial charge on any atom is 0.290 e. The van der Waals surface area contributed by atoms with Crippen molar-refractivity contribution in [1.29, 1.82) is 5.26 Å². The molecule has 0 unspecified atom stereocenters. The Morgan fingerprint density at radius 3 is 2.55 bits per heavy atom. The highest BCUT2D eigenvalue weighted by Gasteiger charge is 2.42. The van der Waals surface area contributed by atoms with Gasteiger partial charge in [-0.25, -0.2) is 4.39 Å². The predicted molar refractivity (Wildman–Crippen MR) is 66.8 cm³/mol. The number of rotatable bonds is 3. The largest absolute Gasteiger partial charge is 0.503 e. The van der Waals surface area contributed by atoms with Crippen molar-refractivity contribution < 1.29 is 19.1 Å². The number of hydrogen-bond acceptors (Lipinski definition) is 4. The number of carbonyl (C=O) groups is 2. The van der Waals surface area contributed by atoms with Gasteiger partial charge in [-0.3, -0.25) is 9.59 Å². The summed E-state index contributed by atoms with van der Waals surface area (Å²) in [6.07, 6.45) is 0. The SMILES string of the molecule is CC(=O)C1=C(O)C(=O)N(CC#N)[C@@H]1c1ccc(F)cc1. The van der Waals surface area contributed by atoms with Gasteiger partial charge in [0, 0.05) is 0 Å². The Hall–Kier alpha value is -2.68. The zero-order valence-corrected chi connectivity index (χ0v) is 10.6. The maximum absolute atomic E-state index is 13.0. The minimum absolute atomic E-state index is 0.0724. The number of Topliss-reactive ketones (excluding diaryl/α,β-unsaturated/α-hetero) is 1. The summed E-state index contributed by atoms with van der Waals surface area (Å²) in [4.78, 5) is 24.6. The highest BCUT2D eigenvalue weighted by Crippen LogP contribution is 2.37. The van der Waals surface area contributed by atoms with E-state index in [0.29, 0.717) is 5.56 Å². The van der Waals surface area contributed by atoms with Crippen LogP contribution in [0.4, 0.5) is 4.39 Å². The molecule has 1 amide bonds. The Morgan fingerprint density at radius 1 is 1.45 bits per heavy atom. The van der Waals surface area contributed by atoms with E-state index >= 15 is 0 Å². The van der Waals surface area contributed by atoms with Gasteiger partial charge in [-0.15, -0.1) is 0 Å². The third kappa shape index (κ3) is 2.14. The highest BCUT2D eigenvalue weighted by molar-refractivity contribution is 6.08. The number of aliphatic hydroxyl groups excluding tert-OH is 1. The molecule has 0 spiro atoms. The van der Waals surface area contributed by atoms with Crippen molar-refractivity contribution in [2.75, 3.05) is 6.54 Å². The summed E-state index contributed by atoms with van der Waals surface area (Å²) < 4.78 is 13.0. The van der Waals surface area contributed by atoms with Gasteiger partial charge in [0.2, 0.25) is 0 Å². The Kier molecular flexibility index (Phi) is 3.53. The van der Waals surface area contributed by atoms with E-state index < -0.39 is 29.3 Å². The van der Waals surface area contributed by atoms with Gasteiger partial charge in [-0.2, -0.15) is 5.26 Å². The van der Waals surface area contributed by atoms with Crippen LogP contribution in [0.2, 0.25) is 0 Å². The first-order valence-electron chi connectivity index (χ1n) is 5.84. The van der Waals surface area contributed by atoms with E-state index in [1.807, 2.05) is 6.07 Å². The molecular weight excluding hydrogens is 263 g/mol. The van der Waals surface area contributed by atoms with Crippen LogP contribution in [0.25, 0.3) is 0 Å². The molecule has 6 heteroatoms. The molecule has 1 atom stereocenters. The molecule has 0 radical (unpaired) electrons. The number of ketones is 1. The molecule has 102 valence electrons. The fourth-order valence-corrected chi connectivity index (χ4v) is 2.24. The Bertz CT molecular complexity index is 643. The zero-order valence-electron chi connectivity index (χ0n) is 10.6. The average Bonchev–Trinajstić information content (AvgIpc) is 2.65. The topological polar surface area (TPSA) is 81.4 Å². The Balaban J connectivity index is 2.54. The molecule has 0 aromatic heterocycles. The molecule has 2 rings (SSSR count). The smallest absolute Gasteiger partial charge is 0.290 e. The fraction of sp³-hybridized carbons (Fsp3) is 0.214. The molecule has 0 bridgehead atoms. The van der Waals surface area contributed by atoms with Crippen molar-refractivity contribution in [3.05, 3.63) is 47.0 Å². The van der Waals surface area contributed by atoms with Crippen molar-refractivity contribution in [1.82, 2.24) is 4.90 Å². The van der Waals surface area contributed by atoms with Gasteiger partial charge in [0.05, 0.1) is 17.7 Å². The van der Waals surface area contributed by atoms with E-state index in [1.54, 1.807) is 0 Å². The van der Waals surface area contributed by atoms with Crippen molar-refractivity contribution in [2.45, 2.75) is 13.0 Å². The molecule has 1 aliphatic rings. The molecule has 5 nitrogen and oxygen atoms in total. The summed E-state index contributed by atoms with van der Waals surface area (Å²) in [5.41, 5.74) is 0.390. The van der Waals surface area contributed by atoms with Crippen LogP contribution in [0, 0.1) is 17.1 Å². The van der Waals surface area contributed by atoms with Crippen molar-refractivity contribution in [2.24, 2.45) is 0 Å². The first-order chi connectivity index (χ1) is 9.47. The minimum atomic E-state index is -0.861. The third-order valence-electron chi connectivity index (χ3n) is 3.11. The van der Waals surface area contributed by atoms with E-state index in [0.717, 1.165) is 4.90 Å². The van der Waals surface area contributed by atoms with Crippen LogP contribution in [0.5, 0.6) is 0 Å². The van der Waals surface area contributed by atoms with Crippen molar-refractivity contribution in [3.8, 4) is 6.07 Å². The van der Waals surface area contributed by atoms with Crippen LogP contribution in [0.1, 0.15) is 18.5 Å². The van der Waals surface area contributed by atoms with Gasteiger partial charge in [0.15, 0.2) is 11.5 Å². The molecule has 1 aromatic carbocycles. The maximum atomic E-state index is 13.0. The number of benzene rings is 1. The summed E-state index contributed by atoms with van der Waals surface area (Å²) in [6.45, 7) is 0.951. The van der Waals surface area contributed by atoms with E-state index in [2.05, 4.69) is 0 Å². The lowest BCUT2D eigenvalue weighted by atomic mass is 9.97. The van der Waals surface area contributed by atoms with Crippen LogP contribution < -0.4 is 0 Å². The van der Waals surface area contributed by atoms with Crippen molar-refractivity contribution in [3.63, 3.8) is 0 Å². The number of carbonyl (C=O) groups excluding carboxylic acids is 2. The molecule has 1 N–H and O–H groups in total. The van der Waals surface area contributed by atoms with Gasteiger partial charge in [0.25, 0.3) is 5.91 Å². The highest BCUT2D eigenvalue weighted by atomic mass is 19.1. The monoisotopic (exact) mass is 274 g/mol. The van der Waals surface area contributed by atoms with Crippen LogP contribution >= 0.6 is 0 Å². The van der Waals surface area contributed by atoms with Gasteiger partial charge in [0.1, 0.15) is 12.4 Å². The third-order valence-corrected chi connectivity index (χ3v) is 3.11. The molecule has 1 aliphatic heterocycles. The average molecular weight is 274 g/mol. The number of aliphatic hydroxyl groups is 1.